The van der Waals surface area contributed by atoms with E-state index >= 15 is 0 Å². The Morgan fingerprint density at radius 1 is 1.07 bits per heavy atom. The zero-order chi connectivity index (χ0) is 18.7. The van der Waals surface area contributed by atoms with Crippen molar-refractivity contribution in [2.24, 2.45) is 0 Å². The predicted molar refractivity (Wildman–Crippen MR) is 107 cm³/mol. The lowest BCUT2D eigenvalue weighted by Crippen LogP contribution is -2.11. The predicted octanol–water partition coefficient (Wildman–Crippen LogP) is 4.75. The van der Waals surface area contributed by atoms with Gasteiger partial charge < -0.3 is 0 Å². The second-order valence-electron chi connectivity index (χ2n) is 5.90. The van der Waals surface area contributed by atoms with E-state index in [2.05, 4.69) is 19.9 Å². The molecule has 0 aliphatic carbocycles. The van der Waals surface area contributed by atoms with Crippen molar-refractivity contribution in [3.8, 4) is 11.1 Å². The van der Waals surface area contributed by atoms with Crippen LogP contribution in [0.1, 0.15) is 0 Å². The average Bonchev–Trinajstić information content (AvgIpc) is 3.00. The van der Waals surface area contributed by atoms with Crippen LogP contribution >= 0.6 is 34.8 Å². The molecule has 0 radical (unpaired) electrons. The van der Waals surface area contributed by atoms with Crippen LogP contribution in [-0.2, 0) is 0 Å². The lowest BCUT2D eigenvalue weighted by atomic mass is 10.0. The van der Waals surface area contributed by atoms with Crippen LogP contribution in [0.5, 0.6) is 0 Å². The molecule has 5 aromatic rings. The highest BCUT2D eigenvalue weighted by molar-refractivity contribution is 6.42. The van der Waals surface area contributed by atoms with Crippen LogP contribution in [0, 0.1) is 0 Å². The quantitative estimate of drug-likeness (QED) is 0.428. The van der Waals surface area contributed by atoms with Gasteiger partial charge in [0.25, 0.3) is 5.56 Å². The van der Waals surface area contributed by atoms with Gasteiger partial charge in [0.2, 0.25) is 5.78 Å². The molecule has 9 heteroatoms. The van der Waals surface area contributed by atoms with Crippen molar-refractivity contribution in [3.63, 3.8) is 0 Å². The summed E-state index contributed by atoms with van der Waals surface area (Å²) in [5.74, 6) is 0.370. The van der Waals surface area contributed by atoms with Crippen molar-refractivity contribution in [1.82, 2.24) is 24.3 Å². The fourth-order valence-corrected chi connectivity index (χ4v) is 4.25. The number of para-hydroxylation sites is 1. The molecule has 0 fully saturated rings. The summed E-state index contributed by atoms with van der Waals surface area (Å²) in [6.45, 7) is 0. The number of nitrogens with one attached hydrogen (secondary N) is 1. The Balaban J connectivity index is 1.97. The Labute approximate surface area is 166 Å². The molecule has 5 rings (SSSR count). The zero-order valence-corrected chi connectivity index (χ0v) is 15.6. The highest BCUT2D eigenvalue weighted by Crippen LogP contribution is 2.40. The highest BCUT2D eigenvalue weighted by atomic mass is 35.5. The number of hydrogen-bond acceptors (Lipinski definition) is 4. The van der Waals surface area contributed by atoms with E-state index in [0.717, 1.165) is 11.1 Å². The van der Waals surface area contributed by atoms with Gasteiger partial charge in [0, 0.05) is 22.3 Å². The van der Waals surface area contributed by atoms with Crippen molar-refractivity contribution in [2.75, 3.05) is 0 Å². The first-order valence-electron chi connectivity index (χ1n) is 7.82. The third-order valence-electron chi connectivity index (χ3n) is 4.33. The Bertz CT molecular complexity index is 1420. The minimum atomic E-state index is -0.308. The minimum Gasteiger partial charge on any atom is -0.291 e. The van der Waals surface area contributed by atoms with E-state index in [9.17, 15) is 4.79 Å². The Morgan fingerprint density at radius 2 is 1.85 bits per heavy atom. The molecule has 0 amide bonds. The van der Waals surface area contributed by atoms with Gasteiger partial charge in [-0.3, -0.25) is 14.2 Å². The summed E-state index contributed by atoms with van der Waals surface area (Å²) in [5, 5.41) is 1.65. The molecule has 3 aromatic heterocycles. The number of halogens is 3. The van der Waals surface area contributed by atoms with Gasteiger partial charge in [0.15, 0.2) is 5.65 Å². The van der Waals surface area contributed by atoms with Crippen molar-refractivity contribution < 1.29 is 0 Å². The van der Waals surface area contributed by atoms with Crippen molar-refractivity contribution in [1.29, 1.82) is 0 Å². The molecule has 0 aliphatic rings. The van der Waals surface area contributed by atoms with Crippen molar-refractivity contribution in [2.45, 2.75) is 0 Å². The number of hydrogen-bond donors (Lipinski definition) is 1. The molecule has 0 atom stereocenters. The molecule has 0 saturated carbocycles. The Kier molecular flexibility index (Phi) is 3.62. The monoisotopic (exact) mass is 415 g/mol. The maximum Gasteiger partial charge on any atom is 0.263 e. The second kappa shape index (κ2) is 5.92. The molecule has 3 heterocycles. The first-order valence-corrected chi connectivity index (χ1v) is 8.96. The topological polar surface area (TPSA) is 75.9 Å². The Morgan fingerprint density at radius 3 is 2.63 bits per heavy atom. The summed E-state index contributed by atoms with van der Waals surface area (Å²) in [5.41, 5.74) is 2.90. The zero-order valence-electron chi connectivity index (χ0n) is 13.4. The van der Waals surface area contributed by atoms with Gasteiger partial charge in [0.05, 0.1) is 21.1 Å². The molecule has 0 aliphatic heterocycles. The standard InChI is InChI=1S/C18H8Cl3N5O/c19-8-4-11(20)14(12(21)5-8)9-2-1-3-13-15(9)24-18-25-17(27)10-6-22-7-23-16(10)26(13)18/h1-7H,(H,24,25,27). The highest BCUT2D eigenvalue weighted by Gasteiger charge is 2.18. The van der Waals surface area contributed by atoms with E-state index in [0.29, 0.717) is 43.0 Å². The number of benzene rings is 2. The molecule has 1 N–H and O–H groups in total. The number of H-pyrrole nitrogens is 1. The maximum absolute atomic E-state index is 12.3. The molecule has 0 bridgehead atoms. The van der Waals surface area contributed by atoms with Crippen LogP contribution in [0.3, 0.4) is 0 Å². The van der Waals surface area contributed by atoms with E-state index in [1.54, 1.807) is 16.5 Å². The molecule has 0 spiro atoms. The van der Waals surface area contributed by atoms with Crippen LogP contribution < -0.4 is 5.56 Å². The molecule has 132 valence electrons. The normalized spacial score (nSPS) is 11.7. The summed E-state index contributed by atoms with van der Waals surface area (Å²) in [7, 11) is 0. The van der Waals surface area contributed by atoms with Crippen LogP contribution in [0.2, 0.25) is 15.1 Å². The number of fused-ring (bicyclic) bond motifs is 5. The first-order chi connectivity index (χ1) is 13.0. The van der Waals surface area contributed by atoms with Crippen molar-refractivity contribution >= 4 is 62.6 Å². The largest absolute Gasteiger partial charge is 0.291 e. The van der Waals surface area contributed by atoms with Gasteiger partial charge in [0.1, 0.15) is 11.7 Å². The van der Waals surface area contributed by atoms with Gasteiger partial charge in [-0.2, -0.15) is 0 Å². The number of nitrogens with zero attached hydrogens (tertiary/aromatic N) is 4. The minimum absolute atomic E-state index is 0.308. The van der Waals surface area contributed by atoms with E-state index in [1.165, 1.54) is 12.5 Å². The number of imidazole rings is 1. The smallest absolute Gasteiger partial charge is 0.263 e. The van der Waals surface area contributed by atoms with Crippen LogP contribution in [0.25, 0.3) is 39.0 Å². The fraction of sp³-hybridized carbons (Fsp3) is 0. The van der Waals surface area contributed by atoms with E-state index in [-0.39, 0.29) is 5.56 Å². The van der Waals surface area contributed by atoms with Gasteiger partial charge in [-0.15, -0.1) is 0 Å². The van der Waals surface area contributed by atoms with E-state index in [4.69, 9.17) is 34.8 Å². The molecule has 6 nitrogen and oxygen atoms in total. The second-order valence-corrected chi connectivity index (χ2v) is 7.15. The van der Waals surface area contributed by atoms with E-state index < -0.39 is 0 Å². The number of aromatic amines is 1. The van der Waals surface area contributed by atoms with Gasteiger partial charge in [-0.05, 0) is 18.2 Å². The molecule has 0 saturated heterocycles. The van der Waals surface area contributed by atoms with Crippen LogP contribution in [0.4, 0.5) is 0 Å². The molecule has 0 unspecified atom stereocenters. The summed E-state index contributed by atoms with van der Waals surface area (Å²) in [6.07, 6.45) is 2.87. The number of aromatic nitrogens is 5. The first kappa shape index (κ1) is 16.5. The summed E-state index contributed by atoms with van der Waals surface area (Å²) < 4.78 is 1.77. The van der Waals surface area contributed by atoms with E-state index in [1.807, 2.05) is 18.2 Å². The SMILES string of the molecule is O=c1[nH]c2nc3c(-c4c(Cl)cc(Cl)cc4Cl)cccc3n2c2ncncc12. The molecule has 2 aromatic carbocycles. The average molecular weight is 417 g/mol. The van der Waals surface area contributed by atoms with Gasteiger partial charge in [-0.1, -0.05) is 46.9 Å². The fourth-order valence-electron chi connectivity index (χ4n) is 3.23. The third kappa shape index (κ3) is 2.41. The van der Waals surface area contributed by atoms with Gasteiger partial charge in [-0.25, -0.2) is 15.0 Å². The summed E-state index contributed by atoms with van der Waals surface area (Å²) >= 11 is 18.8. The van der Waals surface area contributed by atoms with Crippen LogP contribution in [-0.4, -0.2) is 24.3 Å². The maximum atomic E-state index is 12.3. The lowest BCUT2D eigenvalue weighted by Gasteiger charge is -2.09. The molecule has 27 heavy (non-hydrogen) atoms. The summed E-state index contributed by atoms with van der Waals surface area (Å²) in [6, 6.07) is 8.87. The third-order valence-corrected chi connectivity index (χ3v) is 5.15. The number of rotatable bonds is 1. The summed E-state index contributed by atoms with van der Waals surface area (Å²) in [4.78, 5) is 27.9. The Hall–Kier alpha value is -2.67. The van der Waals surface area contributed by atoms with Crippen LogP contribution in [0.15, 0.2) is 47.7 Å². The molecular formula is C18H8Cl3N5O. The van der Waals surface area contributed by atoms with Gasteiger partial charge >= 0.3 is 0 Å². The van der Waals surface area contributed by atoms with Crippen molar-refractivity contribution in [3.05, 3.63) is 68.3 Å². The molecular weight excluding hydrogens is 409 g/mol. The lowest BCUT2D eigenvalue weighted by molar-refractivity contribution is 1.09.